The Labute approximate surface area is 127 Å². The summed E-state index contributed by atoms with van der Waals surface area (Å²) in [5.74, 6) is 0.680. The molecule has 1 fully saturated rings. The predicted octanol–water partition coefficient (Wildman–Crippen LogP) is 3.68. The number of likely N-dealkylation sites (tertiary alicyclic amines) is 1. The molecule has 1 saturated heterocycles. The van der Waals surface area contributed by atoms with Crippen LogP contribution in [0.5, 0.6) is 0 Å². The van der Waals surface area contributed by atoms with Crippen LogP contribution in [-0.2, 0) is 0 Å². The van der Waals surface area contributed by atoms with Crippen LogP contribution in [0.1, 0.15) is 38.2 Å². The summed E-state index contributed by atoms with van der Waals surface area (Å²) in [6.45, 7) is 7.47. The molecular formula is C15H24Cl2N2. The lowest BCUT2D eigenvalue weighted by atomic mass is 9.89. The molecule has 1 aromatic rings. The smallest absolute Gasteiger partial charge is 0.0406 e. The first kappa shape index (κ1) is 16.8. The molecule has 0 aromatic heterocycles. The van der Waals surface area contributed by atoms with Gasteiger partial charge in [0, 0.05) is 17.1 Å². The molecule has 0 bridgehead atoms. The molecule has 0 saturated carbocycles. The summed E-state index contributed by atoms with van der Waals surface area (Å²) in [6, 6.07) is 8.31. The van der Waals surface area contributed by atoms with Crippen molar-refractivity contribution in [2.75, 3.05) is 19.6 Å². The molecule has 0 amide bonds. The second-order valence-electron chi connectivity index (χ2n) is 6.09. The van der Waals surface area contributed by atoms with E-state index in [9.17, 15) is 0 Å². The van der Waals surface area contributed by atoms with Crippen molar-refractivity contribution >= 4 is 24.0 Å². The SMILES string of the molecule is CC(C)(N)CN1CCC(c2ccc(Cl)cc2)CC1.Cl. The molecule has 0 aliphatic carbocycles. The predicted molar refractivity (Wildman–Crippen MR) is 85.4 cm³/mol. The van der Waals surface area contributed by atoms with Gasteiger partial charge >= 0.3 is 0 Å². The van der Waals surface area contributed by atoms with Crippen LogP contribution in [0, 0.1) is 0 Å². The van der Waals surface area contributed by atoms with Crippen LogP contribution in [0.15, 0.2) is 24.3 Å². The van der Waals surface area contributed by atoms with Gasteiger partial charge in [0.1, 0.15) is 0 Å². The highest BCUT2D eigenvalue weighted by atomic mass is 35.5. The van der Waals surface area contributed by atoms with E-state index in [4.69, 9.17) is 17.3 Å². The quantitative estimate of drug-likeness (QED) is 0.923. The molecule has 0 unspecified atom stereocenters. The van der Waals surface area contributed by atoms with Gasteiger partial charge in [-0.25, -0.2) is 0 Å². The fraction of sp³-hybridized carbons (Fsp3) is 0.600. The minimum absolute atomic E-state index is 0. The van der Waals surface area contributed by atoms with Crippen molar-refractivity contribution in [3.8, 4) is 0 Å². The van der Waals surface area contributed by atoms with Gasteiger partial charge in [0.25, 0.3) is 0 Å². The van der Waals surface area contributed by atoms with Crippen molar-refractivity contribution in [1.29, 1.82) is 0 Å². The van der Waals surface area contributed by atoms with Crippen LogP contribution in [0.3, 0.4) is 0 Å². The van der Waals surface area contributed by atoms with Crippen molar-refractivity contribution in [2.45, 2.75) is 38.1 Å². The van der Waals surface area contributed by atoms with Gasteiger partial charge in [-0.1, -0.05) is 23.7 Å². The lowest BCUT2D eigenvalue weighted by Crippen LogP contribution is -2.47. The highest BCUT2D eigenvalue weighted by Crippen LogP contribution is 2.29. The summed E-state index contributed by atoms with van der Waals surface area (Å²) in [7, 11) is 0. The lowest BCUT2D eigenvalue weighted by Gasteiger charge is -2.36. The molecule has 1 heterocycles. The van der Waals surface area contributed by atoms with Gasteiger partial charge < -0.3 is 10.6 Å². The third-order valence-corrected chi connectivity index (χ3v) is 3.81. The topological polar surface area (TPSA) is 29.3 Å². The third kappa shape index (κ3) is 5.31. The van der Waals surface area contributed by atoms with Gasteiger partial charge in [0.2, 0.25) is 0 Å². The summed E-state index contributed by atoms with van der Waals surface area (Å²) < 4.78 is 0. The molecule has 1 aliphatic heterocycles. The minimum Gasteiger partial charge on any atom is -0.324 e. The Balaban J connectivity index is 0.00000180. The maximum Gasteiger partial charge on any atom is 0.0406 e. The Kier molecular flexibility index (Phi) is 6.13. The molecule has 0 atom stereocenters. The Morgan fingerprint density at radius 2 is 1.74 bits per heavy atom. The Morgan fingerprint density at radius 3 is 2.21 bits per heavy atom. The number of nitrogens with zero attached hydrogens (tertiary/aromatic N) is 1. The second kappa shape index (κ2) is 6.94. The van der Waals surface area contributed by atoms with Crippen LogP contribution < -0.4 is 5.73 Å². The summed E-state index contributed by atoms with van der Waals surface area (Å²) in [6.07, 6.45) is 2.44. The first-order valence-electron chi connectivity index (χ1n) is 6.71. The van der Waals surface area contributed by atoms with E-state index in [1.807, 2.05) is 12.1 Å². The van der Waals surface area contributed by atoms with E-state index < -0.39 is 0 Å². The van der Waals surface area contributed by atoms with E-state index in [0.717, 1.165) is 24.7 Å². The molecule has 1 aromatic carbocycles. The van der Waals surface area contributed by atoms with E-state index in [1.54, 1.807) is 0 Å². The van der Waals surface area contributed by atoms with Crippen LogP contribution in [-0.4, -0.2) is 30.1 Å². The van der Waals surface area contributed by atoms with Crippen LogP contribution in [0.25, 0.3) is 0 Å². The van der Waals surface area contributed by atoms with Crippen molar-refractivity contribution in [2.24, 2.45) is 5.73 Å². The average Bonchev–Trinajstić information content (AvgIpc) is 2.29. The standard InChI is InChI=1S/C15H23ClN2.ClH/c1-15(2,17)11-18-9-7-13(8-10-18)12-3-5-14(16)6-4-12;/h3-6,13H,7-11,17H2,1-2H3;1H. The van der Waals surface area contributed by atoms with Gasteiger partial charge in [0.15, 0.2) is 0 Å². The van der Waals surface area contributed by atoms with Gasteiger partial charge in [-0.05, 0) is 63.4 Å². The van der Waals surface area contributed by atoms with Gasteiger partial charge in [-0.2, -0.15) is 0 Å². The van der Waals surface area contributed by atoms with Crippen molar-refractivity contribution in [3.63, 3.8) is 0 Å². The van der Waals surface area contributed by atoms with Crippen molar-refractivity contribution < 1.29 is 0 Å². The Bertz CT molecular complexity index is 376. The number of nitrogens with two attached hydrogens (primary N) is 1. The number of halogens is 2. The van der Waals surface area contributed by atoms with Crippen LogP contribution >= 0.6 is 24.0 Å². The molecule has 0 radical (unpaired) electrons. The maximum absolute atomic E-state index is 6.07. The monoisotopic (exact) mass is 302 g/mol. The molecule has 19 heavy (non-hydrogen) atoms. The summed E-state index contributed by atoms with van der Waals surface area (Å²) in [5.41, 5.74) is 7.40. The molecular weight excluding hydrogens is 279 g/mol. The van der Waals surface area contributed by atoms with Crippen LogP contribution in [0.4, 0.5) is 0 Å². The van der Waals surface area contributed by atoms with Gasteiger partial charge in [0.05, 0.1) is 0 Å². The molecule has 2 N–H and O–H groups in total. The second-order valence-corrected chi connectivity index (χ2v) is 6.53. The lowest BCUT2D eigenvalue weighted by molar-refractivity contribution is 0.179. The molecule has 1 aliphatic rings. The number of hydrogen-bond donors (Lipinski definition) is 1. The summed E-state index contributed by atoms with van der Waals surface area (Å²) in [4.78, 5) is 2.48. The van der Waals surface area contributed by atoms with E-state index >= 15 is 0 Å². The normalized spacial score (nSPS) is 18.1. The first-order valence-corrected chi connectivity index (χ1v) is 7.08. The molecule has 0 spiro atoms. The van der Waals surface area contributed by atoms with E-state index in [1.165, 1.54) is 18.4 Å². The molecule has 108 valence electrons. The van der Waals surface area contributed by atoms with Crippen LogP contribution in [0.2, 0.25) is 5.02 Å². The first-order chi connectivity index (χ1) is 8.44. The average molecular weight is 303 g/mol. The minimum atomic E-state index is -0.0902. The molecule has 4 heteroatoms. The van der Waals surface area contributed by atoms with E-state index in [0.29, 0.717) is 5.92 Å². The zero-order chi connectivity index (χ0) is 13.2. The maximum atomic E-state index is 6.07. The number of hydrogen-bond acceptors (Lipinski definition) is 2. The third-order valence-electron chi connectivity index (χ3n) is 3.56. The van der Waals surface area contributed by atoms with E-state index in [2.05, 4.69) is 30.9 Å². The zero-order valence-electron chi connectivity index (χ0n) is 11.7. The largest absolute Gasteiger partial charge is 0.324 e. The summed E-state index contributed by atoms with van der Waals surface area (Å²) >= 11 is 5.92. The number of rotatable bonds is 3. The van der Waals surface area contributed by atoms with Gasteiger partial charge in [-0.15, -0.1) is 12.4 Å². The fourth-order valence-corrected chi connectivity index (χ4v) is 2.86. The van der Waals surface area contributed by atoms with Gasteiger partial charge in [-0.3, -0.25) is 0 Å². The Hall–Kier alpha value is -0.280. The highest BCUT2D eigenvalue weighted by molar-refractivity contribution is 6.30. The number of piperidine rings is 1. The summed E-state index contributed by atoms with van der Waals surface area (Å²) in [5, 5.41) is 0.820. The van der Waals surface area contributed by atoms with E-state index in [-0.39, 0.29) is 17.9 Å². The highest BCUT2D eigenvalue weighted by Gasteiger charge is 2.23. The van der Waals surface area contributed by atoms with Crippen molar-refractivity contribution in [1.82, 2.24) is 4.90 Å². The van der Waals surface area contributed by atoms with Crippen molar-refractivity contribution in [3.05, 3.63) is 34.9 Å². The fourth-order valence-electron chi connectivity index (χ4n) is 2.74. The Morgan fingerprint density at radius 1 is 1.21 bits per heavy atom. The zero-order valence-corrected chi connectivity index (χ0v) is 13.3. The number of benzene rings is 1. The molecule has 2 rings (SSSR count). The molecule has 2 nitrogen and oxygen atoms in total.